The maximum atomic E-state index is 13.7. The molecule has 1 heterocycles. The van der Waals surface area contributed by atoms with Crippen molar-refractivity contribution in [2.75, 3.05) is 18.0 Å². The van der Waals surface area contributed by atoms with Gasteiger partial charge in [0.25, 0.3) is 5.91 Å². The Morgan fingerprint density at radius 3 is 2.24 bits per heavy atom. The number of carbonyl (C=O) groups is 2. The summed E-state index contributed by atoms with van der Waals surface area (Å²) in [6, 6.07) is 6.79. The van der Waals surface area contributed by atoms with Crippen molar-refractivity contribution >= 4 is 28.6 Å². The fourth-order valence-corrected chi connectivity index (χ4v) is 5.42. The van der Waals surface area contributed by atoms with Crippen molar-refractivity contribution in [1.82, 2.24) is 10.2 Å². The van der Waals surface area contributed by atoms with Gasteiger partial charge in [0.1, 0.15) is 11.1 Å². The van der Waals surface area contributed by atoms with Gasteiger partial charge in [0.05, 0.1) is 0 Å². The maximum Gasteiger partial charge on any atom is 0.349 e. The van der Waals surface area contributed by atoms with Gasteiger partial charge in [-0.05, 0) is 57.7 Å². The van der Waals surface area contributed by atoms with E-state index in [1.807, 2.05) is 18.2 Å². The average Bonchev–Trinajstić information content (AvgIpc) is 2.85. The van der Waals surface area contributed by atoms with Gasteiger partial charge in [0, 0.05) is 42.3 Å². The number of imide groups is 1. The van der Waals surface area contributed by atoms with Crippen molar-refractivity contribution in [1.29, 1.82) is 0 Å². The molecular weight excluding hydrogens is 430 g/mol. The highest BCUT2D eigenvalue weighted by atomic mass is 16.4. The van der Waals surface area contributed by atoms with Crippen molar-refractivity contribution < 1.29 is 14.0 Å². The van der Waals surface area contributed by atoms with E-state index in [1.165, 1.54) is 11.3 Å². The Hall–Kier alpha value is -2.83. The highest BCUT2D eigenvalue weighted by Gasteiger charge is 2.34. The topological polar surface area (TPSA) is 82.9 Å². The molecule has 0 bridgehead atoms. The maximum absolute atomic E-state index is 13.7. The van der Waals surface area contributed by atoms with E-state index in [1.54, 1.807) is 6.07 Å². The van der Waals surface area contributed by atoms with Crippen molar-refractivity contribution in [2.45, 2.75) is 90.1 Å². The molecule has 7 heteroatoms. The van der Waals surface area contributed by atoms with Crippen LogP contribution in [0.4, 0.5) is 10.5 Å². The van der Waals surface area contributed by atoms with E-state index >= 15 is 0 Å². The van der Waals surface area contributed by atoms with E-state index in [2.05, 4.69) is 24.1 Å². The van der Waals surface area contributed by atoms with Gasteiger partial charge >= 0.3 is 11.7 Å². The van der Waals surface area contributed by atoms with Crippen molar-refractivity contribution in [3.05, 3.63) is 40.2 Å². The highest BCUT2D eigenvalue weighted by Crippen LogP contribution is 2.27. The Balaban J connectivity index is 1.64. The number of urea groups is 1. The third kappa shape index (κ3) is 5.29. The molecule has 0 spiro atoms. The van der Waals surface area contributed by atoms with Gasteiger partial charge in [-0.25, -0.2) is 9.59 Å². The second kappa shape index (κ2) is 11.1. The summed E-state index contributed by atoms with van der Waals surface area (Å²) in [4.78, 5) is 43.4. The van der Waals surface area contributed by atoms with Crippen LogP contribution in [0.1, 0.15) is 88.4 Å². The molecule has 0 radical (unpaired) electrons. The standard InChI is InChI=1S/C27H37N3O4/c1-3-29(4-2)22-16-15-19-17-23(26(32)34-24(19)18-22)25(31)30(21-13-9-6-10-14-21)27(33)28-20-11-7-5-8-12-20/h15-18,20-21H,3-14H2,1-2H3,(H,28,33). The lowest BCUT2D eigenvalue weighted by atomic mass is 9.93. The zero-order chi connectivity index (χ0) is 24.1. The first-order chi connectivity index (χ1) is 16.5. The lowest BCUT2D eigenvalue weighted by Gasteiger charge is -2.34. The molecule has 34 heavy (non-hydrogen) atoms. The molecule has 2 saturated carbocycles. The smallest absolute Gasteiger partial charge is 0.349 e. The van der Waals surface area contributed by atoms with Crippen LogP contribution in [0.3, 0.4) is 0 Å². The molecule has 2 aliphatic rings. The van der Waals surface area contributed by atoms with Gasteiger partial charge in [-0.1, -0.05) is 38.5 Å². The summed E-state index contributed by atoms with van der Waals surface area (Å²) in [5.41, 5.74) is 0.644. The normalized spacial score (nSPS) is 17.5. The number of nitrogens with zero attached hydrogens (tertiary/aromatic N) is 2. The lowest BCUT2D eigenvalue weighted by Crippen LogP contribution is -2.53. The van der Waals surface area contributed by atoms with Crippen LogP contribution in [0, 0.1) is 0 Å². The molecule has 0 saturated heterocycles. The SMILES string of the molecule is CCN(CC)c1ccc2cc(C(=O)N(C(=O)NC3CCCCC3)C3CCCCC3)c(=O)oc2c1. The van der Waals surface area contributed by atoms with E-state index in [4.69, 9.17) is 4.42 Å². The molecule has 2 fully saturated rings. The number of benzene rings is 1. The monoisotopic (exact) mass is 467 g/mol. The number of nitrogens with one attached hydrogen (secondary N) is 1. The van der Waals surface area contributed by atoms with E-state index in [-0.39, 0.29) is 23.7 Å². The van der Waals surface area contributed by atoms with E-state index < -0.39 is 11.5 Å². The van der Waals surface area contributed by atoms with Crippen LogP contribution in [0.2, 0.25) is 0 Å². The molecule has 0 unspecified atom stereocenters. The Kier molecular flexibility index (Phi) is 7.91. The molecule has 184 valence electrons. The number of anilines is 1. The number of carbonyl (C=O) groups excluding carboxylic acids is 2. The Labute approximate surface area is 201 Å². The van der Waals surface area contributed by atoms with Crippen molar-refractivity contribution in [3.63, 3.8) is 0 Å². The molecule has 2 aliphatic carbocycles. The quantitative estimate of drug-likeness (QED) is 0.571. The number of amides is 3. The molecule has 0 atom stereocenters. The van der Waals surface area contributed by atoms with Crippen molar-refractivity contribution in [2.24, 2.45) is 0 Å². The first kappa shape index (κ1) is 24.3. The third-order valence-electron chi connectivity index (χ3n) is 7.39. The number of rotatable bonds is 6. The van der Waals surface area contributed by atoms with Gasteiger partial charge in [-0.3, -0.25) is 9.69 Å². The van der Waals surface area contributed by atoms with Gasteiger partial charge in [0.15, 0.2) is 0 Å². The number of fused-ring (bicyclic) bond motifs is 1. The summed E-state index contributed by atoms with van der Waals surface area (Å²) in [6.45, 7) is 5.83. The summed E-state index contributed by atoms with van der Waals surface area (Å²) in [5, 5.41) is 3.76. The Morgan fingerprint density at radius 2 is 1.59 bits per heavy atom. The van der Waals surface area contributed by atoms with Crippen LogP contribution in [-0.2, 0) is 0 Å². The molecule has 0 aliphatic heterocycles. The molecule has 2 aromatic rings. The Morgan fingerprint density at radius 1 is 0.941 bits per heavy atom. The van der Waals surface area contributed by atoms with Gasteiger partial charge in [-0.15, -0.1) is 0 Å². The highest BCUT2D eigenvalue weighted by molar-refractivity contribution is 6.05. The second-order valence-electron chi connectivity index (χ2n) is 9.59. The van der Waals surface area contributed by atoms with Gasteiger partial charge in [0.2, 0.25) is 0 Å². The molecule has 1 aromatic heterocycles. The molecule has 4 rings (SSSR count). The van der Waals surface area contributed by atoms with Crippen LogP contribution >= 0.6 is 0 Å². The largest absolute Gasteiger partial charge is 0.422 e. The van der Waals surface area contributed by atoms with Crippen LogP contribution in [-0.4, -0.2) is 42.0 Å². The Bertz CT molecular complexity index is 1060. The van der Waals surface area contributed by atoms with E-state index in [0.29, 0.717) is 11.0 Å². The lowest BCUT2D eigenvalue weighted by molar-refractivity contribution is 0.0698. The summed E-state index contributed by atoms with van der Waals surface area (Å²) in [7, 11) is 0. The van der Waals surface area contributed by atoms with Crippen LogP contribution < -0.4 is 15.8 Å². The first-order valence-corrected chi connectivity index (χ1v) is 13.0. The average molecular weight is 468 g/mol. The van der Waals surface area contributed by atoms with Crippen LogP contribution in [0.25, 0.3) is 11.0 Å². The minimum absolute atomic E-state index is 0.0764. The van der Waals surface area contributed by atoms with Crippen LogP contribution in [0.15, 0.2) is 33.5 Å². The zero-order valence-corrected chi connectivity index (χ0v) is 20.5. The molecule has 1 aromatic carbocycles. The summed E-state index contributed by atoms with van der Waals surface area (Å²) in [6.07, 6.45) is 9.85. The fraction of sp³-hybridized carbons (Fsp3) is 0.593. The first-order valence-electron chi connectivity index (χ1n) is 13.0. The molecular formula is C27H37N3O4. The predicted octanol–water partition coefficient (Wildman–Crippen LogP) is 5.46. The third-order valence-corrected chi connectivity index (χ3v) is 7.39. The predicted molar refractivity (Wildman–Crippen MR) is 134 cm³/mol. The van der Waals surface area contributed by atoms with Gasteiger partial charge < -0.3 is 14.6 Å². The minimum Gasteiger partial charge on any atom is -0.422 e. The molecule has 7 nitrogen and oxygen atoms in total. The number of hydrogen-bond acceptors (Lipinski definition) is 5. The summed E-state index contributed by atoms with van der Waals surface area (Å²) >= 11 is 0. The second-order valence-corrected chi connectivity index (χ2v) is 9.59. The minimum atomic E-state index is -0.694. The van der Waals surface area contributed by atoms with Crippen LogP contribution in [0.5, 0.6) is 0 Å². The number of hydrogen-bond donors (Lipinski definition) is 1. The van der Waals surface area contributed by atoms with E-state index in [9.17, 15) is 14.4 Å². The summed E-state index contributed by atoms with van der Waals surface area (Å²) in [5.74, 6) is -0.552. The molecule has 1 N–H and O–H groups in total. The van der Waals surface area contributed by atoms with E-state index in [0.717, 1.165) is 76.6 Å². The fourth-order valence-electron chi connectivity index (χ4n) is 5.42. The zero-order valence-electron chi connectivity index (χ0n) is 20.5. The van der Waals surface area contributed by atoms with Crippen molar-refractivity contribution in [3.8, 4) is 0 Å². The summed E-state index contributed by atoms with van der Waals surface area (Å²) < 4.78 is 5.60. The molecule has 3 amide bonds. The van der Waals surface area contributed by atoms with Gasteiger partial charge in [-0.2, -0.15) is 0 Å².